The van der Waals surface area contributed by atoms with Gasteiger partial charge in [-0.2, -0.15) is 5.10 Å². The number of aryl methyl sites for hydroxylation is 1. The Labute approximate surface area is 118 Å². The molecule has 20 heavy (non-hydrogen) atoms. The predicted octanol–water partition coefficient (Wildman–Crippen LogP) is 2.26. The SMILES string of the molecule is CCN(Cc1nn(C)c2ccccc12)C(C)(C)C(=O)O. The first-order valence-electron chi connectivity index (χ1n) is 6.77. The maximum absolute atomic E-state index is 11.4. The Morgan fingerprint density at radius 2 is 2.05 bits per heavy atom. The molecule has 0 bridgehead atoms. The lowest BCUT2D eigenvalue weighted by Crippen LogP contribution is -2.49. The van der Waals surface area contributed by atoms with Crippen LogP contribution in [-0.2, 0) is 18.4 Å². The van der Waals surface area contributed by atoms with Crippen molar-refractivity contribution in [1.82, 2.24) is 14.7 Å². The van der Waals surface area contributed by atoms with E-state index in [0.29, 0.717) is 13.1 Å². The summed E-state index contributed by atoms with van der Waals surface area (Å²) in [4.78, 5) is 13.3. The zero-order valence-corrected chi connectivity index (χ0v) is 12.4. The van der Waals surface area contributed by atoms with Gasteiger partial charge in [0.05, 0.1) is 11.2 Å². The summed E-state index contributed by atoms with van der Waals surface area (Å²) < 4.78 is 1.84. The highest BCUT2D eigenvalue weighted by Gasteiger charge is 2.34. The molecule has 5 heteroatoms. The van der Waals surface area contributed by atoms with Crippen molar-refractivity contribution in [3.8, 4) is 0 Å². The Hall–Kier alpha value is -1.88. The standard InChI is InChI=1S/C15H21N3O2/c1-5-18(15(2,3)14(19)20)10-12-11-8-6-7-9-13(11)17(4)16-12/h6-9H,5,10H2,1-4H3,(H,19,20). The number of para-hydroxylation sites is 1. The van der Waals surface area contributed by atoms with Crippen molar-refractivity contribution in [3.63, 3.8) is 0 Å². The fraction of sp³-hybridized carbons (Fsp3) is 0.467. The first kappa shape index (κ1) is 14.5. The Morgan fingerprint density at radius 1 is 1.40 bits per heavy atom. The van der Waals surface area contributed by atoms with Crippen LogP contribution in [0.3, 0.4) is 0 Å². The van der Waals surface area contributed by atoms with E-state index >= 15 is 0 Å². The summed E-state index contributed by atoms with van der Waals surface area (Å²) in [6, 6.07) is 8.00. The average molecular weight is 275 g/mol. The van der Waals surface area contributed by atoms with Gasteiger partial charge >= 0.3 is 5.97 Å². The van der Waals surface area contributed by atoms with Crippen LogP contribution in [0.4, 0.5) is 0 Å². The average Bonchev–Trinajstić information content (AvgIpc) is 2.73. The van der Waals surface area contributed by atoms with Crippen molar-refractivity contribution < 1.29 is 9.90 Å². The number of fused-ring (bicyclic) bond motifs is 1. The highest BCUT2D eigenvalue weighted by Crippen LogP contribution is 2.23. The minimum absolute atomic E-state index is 0.525. The molecule has 5 nitrogen and oxygen atoms in total. The Morgan fingerprint density at radius 3 is 2.65 bits per heavy atom. The number of aromatic nitrogens is 2. The number of carbonyl (C=O) groups is 1. The van der Waals surface area contributed by atoms with Crippen LogP contribution in [0, 0.1) is 0 Å². The fourth-order valence-electron chi connectivity index (χ4n) is 2.43. The van der Waals surface area contributed by atoms with Gasteiger partial charge in [-0.05, 0) is 26.5 Å². The fourth-order valence-corrected chi connectivity index (χ4v) is 2.43. The molecular weight excluding hydrogens is 254 g/mol. The quantitative estimate of drug-likeness (QED) is 0.909. The van der Waals surface area contributed by atoms with Crippen molar-refractivity contribution in [3.05, 3.63) is 30.0 Å². The lowest BCUT2D eigenvalue weighted by atomic mass is 10.0. The van der Waals surface area contributed by atoms with Gasteiger partial charge in [0, 0.05) is 19.0 Å². The van der Waals surface area contributed by atoms with Crippen LogP contribution in [0.5, 0.6) is 0 Å². The van der Waals surface area contributed by atoms with Gasteiger partial charge in [0.2, 0.25) is 0 Å². The van der Waals surface area contributed by atoms with E-state index in [4.69, 9.17) is 0 Å². The van der Waals surface area contributed by atoms with Crippen molar-refractivity contribution in [2.75, 3.05) is 6.54 Å². The number of benzene rings is 1. The highest BCUT2D eigenvalue weighted by molar-refractivity contribution is 5.82. The third-order valence-corrected chi connectivity index (χ3v) is 3.87. The van der Waals surface area contributed by atoms with E-state index in [1.807, 2.05) is 47.8 Å². The first-order valence-corrected chi connectivity index (χ1v) is 6.77. The van der Waals surface area contributed by atoms with Gasteiger partial charge in [-0.25, -0.2) is 0 Å². The van der Waals surface area contributed by atoms with Gasteiger partial charge in [-0.1, -0.05) is 25.1 Å². The highest BCUT2D eigenvalue weighted by atomic mass is 16.4. The maximum atomic E-state index is 11.4. The molecule has 0 spiro atoms. The lowest BCUT2D eigenvalue weighted by molar-refractivity contribution is -0.149. The van der Waals surface area contributed by atoms with Crippen LogP contribution in [0.1, 0.15) is 26.5 Å². The van der Waals surface area contributed by atoms with Crippen LogP contribution < -0.4 is 0 Å². The molecule has 0 radical (unpaired) electrons. The molecule has 0 saturated carbocycles. The first-order chi connectivity index (χ1) is 9.37. The summed E-state index contributed by atoms with van der Waals surface area (Å²) in [5, 5.41) is 15.0. The van der Waals surface area contributed by atoms with Crippen molar-refractivity contribution in [2.45, 2.75) is 32.9 Å². The van der Waals surface area contributed by atoms with Gasteiger partial charge in [0.15, 0.2) is 0 Å². The number of likely N-dealkylation sites (N-methyl/N-ethyl adjacent to an activating group) is 1. The third kappa shape index (κ3) is 2.41. The number of nitrogens with zero attached hydrogens (tertiary/aromatic N) is 3. The van der Waals surface area contributed by atoms with Crippen LogP contribution in [-0.4, -0.2) is 37.8 Å². The number of hydrogen-bond donors (Lipinski definition) is 1. The molecule has 1 heterocycles. The maximum Gasteiger partial charge on any atom is 0.323 e. The smallest absolute Gasteiger partial charge is 0.323 e. The van der Waals surface area contributed by atoms with E-state index in [1.165, 1.54) is 0 Å². The normalized spacial score (nSPS) is 12.2. The molecule has 0 aliphatic carbocycles. The zero-order valence-electron chi connectivity index (χ0n) is 12.4. The van der Waals surface area contributed by atoms with Gasteiger partial charge < -0.3 is 5.11 Å². The number of aliphatic carboxylic acids is 1. The van der Waals surface area contributed by atoms with Gasteiger partial charge in [0.25, 0.3) is 0 Å². The molecule has 1 N–H and O–H groups in total. The molecule has 0 unspecified atom stereocenters. The van der Waals surface area contributed by atoms with E-state index in [2.05, 4.69) is 5.10 Å². The van der Waals surface area contributed by atoms with E-state index in [0.717, 1.165) is 16.6 Å². The van der Waals surface area contributed by atoms with E-state index < -0.39 is 11.5 Å². The second-order valence-electron chi connectivity index (χ2n) is 5.47. The summed E-state index contributed by atoms with van der Waals surface area (Å²) in [5.41, 5.74) is 1.07. The summed E-state index contributed by atoms with van der Waals surface area (Å²) in [6.45, 7) is 6.60. The number of carboxylic acids is 1. The second kappa shape index (κ2) is 5.25. The monoisotopic (exact) mass is 275 g/mol. The molecule has 1 aromatic carbocycles. The minimum Gasteiger partial charge on any atom is -0.480 e. The molecule has 0 amide bonds. The van der Waals surface area contributed by atoms with Crippen LogP contribution in [0.25, 0.3) is 10.9 Å². The molecule has 0 saturated heterocycles. The Balaban J connectivity index is 2.38. The molecule has 1 aromatic heterocycles. The molecular formula is C15H21N3O2. The van der Waals surface area contributed by atoms with Crippen LogP contribution in [0.2, 0.25) is 0 Å². The molecule has 0 aliphatic heterocycles. The molecule has 0 fully saturated rings. The van der Waals surface area contributed by atoms with Gasteiger partial charge in [0.1, 0.15) is 5.54 Å². The Bertz CT molecular complexity index is 631. The largest absolute Gasteiger partial charge is 0.480 e. The number of hydrogen-bond acceptors (Lipinski definition) is 3. The summed E-state index contributed by atoms with van der Waals surface area (Å²) >= 11 is 0. The third-order valence-electron chi connectivity index (χ3n) is 3.87. The van der Waals surface area contributed by atoms with Crippen molar-refractivity contribution in [1.29, 1.82) is 0 Å². The summed E-state index contributed by atoms with van der Waals surface area (Å²) in [6.07, 6.45) is 0. The van der Waals surface area contributed by atoms with Gasteiger partial charge in [-0.3, -0.25) is 14.4 Å². The minimum atomic E-state index is -0.909. The van der Waals surface area contributed by atoms with Crippen molar-refractivity contribution >= 4 is 16.9 Å². The van der Waals surface area contributed by atoms with Crippen LogP contribution >= 0.6 is 0 Å². The van der Waals surface area contributed by atoms with Crippen molar-refractivity contribution in [2.24, 2.45) is 7.05 Å². The number of rotatable bonds is 5. The predicted molar refractivity (Wildman–Crippen MR) is 78.5 cm³/mol. The van der Waals surface area contributed by atoms with Crippen LogP contribution in [0.15, 0.2) is 24.3 Å². The van der Waals surface area contributed by atoms with E-state index in [1.54, 1.807) is 13.8 Å². The molecule has 0 atom stereocenters. The summed E-state index contributed by atoms with van der Waals surface area (Å²) in [7, 11) is 1.91. The van der Waals surface area contributed by atoms with Gasteiger partial charge in [-0.15, -0.1) is 0 Å². The molecule has 2 aromatic rings. The number of carboxylic acid groups (broad SMARTS) is 1. The zero-order chi connectivity index (χ0) is 14.9. The molecule has 108 valence electrons. The Kier molecular flexibility index (Phi) is 3.81. The summed E-state index contributed by atoms with van der Waals surface area (Å²) in [5.74, 6) is -0.820. The molecule has 2 rings (SSSR count). The topological polar surface area (TPSA) is 58.4 Å². The van der Waals surface area contributed by atoms with E-state index in [9.17, 15) is 9.90 Å². The lowest BCUT2D eigenvalue weighted by Gasteiger charge is -2.33. The second-order valence-corrected chi connectivity index (χ2v) is 5.47. The van der Waals surface area contributed by atoms with E-state index in [-0.39, 0.29) is 0 Å². The molecule has 0 aliphatic rings.